The van der Waals surface area contributed by atoms with Gasteiger partial charge in [-0.25, -0.2) is 0 Å². The number of hydrogen-bond acceptors (Lipinski definition) is 4. The summed E-state index contributed by atoms with van der Waals surface area (Å²) in [4.78, 5) is 29.3. The lowest BCUT2D eigenvalue weighted by Gasteiger charge is -2.25. The second kappa shape index (κ2) is 9.75. The van der Waals surface area contributed by atoms with E-state index in [-0.39, 0.29) is 18.2 Å². The van der Waals surface area contributed by atoms with Gasteiger partial charge in [-0.3, -0.25) is 9.59 Å². The Morgan fingerprint density at radius 3 is 2.70 bits per heavy atom. The number of amides is 2. The molecule has 0 N–H and O–H groups in total. The second-order valence-corrected chi connectivity index (χ2v) is 7.12. The Morgan fingerprint density at radius 2 is 2.03 bits per heavy atom. The van der Waals surface area contributed by atoms with Gasteiger partial charge in [-0.2, -0.15) is 5.26 Å². The predicted octanol–water partition coefficient (Wildman–Crippen LogP) is 3.52. The molecule has 154 valence electrons. The van der Waals surface area contributed by atoms with E-state index in [4.69, 9.17) is 10.00 Å². The van der Waals surface area contributed by atoms with Crippen LogP contribution in [0.5, 0.6) is 5.75 Å². The van der Waals surface area contributed by atoms with Crippen molar-refractivity contribution in [1.29, 1.82) is 5.26 Å². The first-order valence-corrected chi connectivity index (χ1v) is 9.98. The number of para-hydroxylation sites is 2. The van der Waals surface area contributed by atoms with Gasteiger partial charge in [0.05, 0.1) is 29.8 Å². The molecule has 1 heterocycles. The van der Waals surface area contributed by atoms with Gasteiger partial charge in [0.25, 0.3) is 0 Å². The summed E-state index contributed by atoms with van der Waals surface area (Å²) in [6.45, 7) is 7.26. The second-order valence-electron chi connectivity index (χ2n) is 7.12. The summed E-state index contributed by atoms with van der Waals surface area (Å²) in [7, 11) is 0. The molecule has 1 aliphatic heterocycles. The molecule has 6 heteroatoms. The van der Waals surface area contributed by atoms with Crippen LogP contribution in [0.3, 0.4) is 0 Å². The molecule has 0 aromatic heterocycles. The first-order chi connectivity index (χ1) is 14.6. The van der Waals surface area contributed by atoms with E-state index in [0.29, 0.717) is 43.2 Å². The highest BCUT2D eigenvalue weighted by atomic mass is 16.5. The lowest BCUT2D eigenvalue weighted by Crippen LogP contribution is -2.37. The number of hydrogen-bond donors (Lipinski definition) is 0. The van der Waals surface area contributed by atoms with Gasteiger partial charge in [0.1, 0.15) is 5.75 Å². The third-order valence-electron chi connectivity index (χ3n) is 5.05. The third-order valence-corrected chi connectivity index (χ3v) is 5.05. The fourth-order valence-electron chi connectivity index (χ4n) is 3.62. The summed E-state index contributed by atoms with van der Waals surface area (Å²) >= 11 is 0. The molecule has 1 saturated heterocycles. The fraction of sp³-hybridized carbons (Fsp3) is 0.292. The topological polar surface area (TPSA) is 73.6 Å². The third kappa shape index (κ3) is 4.69. The molecule has 2 amide bonds. The van der Waals surface area contributed by atoms with Crippen LogP contribution >= 0.6 is 0 Å². The monoisotopic (exact) mass is 403 g/mol. The normalized spacial score (nSPS) is 15.5. The molecule has 2 aromatic rings. The highest BCUT2D eigenvalue weighted by Crippen LogP contribution is 2.33. The number of carbonyl (C=O) groups is 2. The van der Waals surface area contributed by atoms with E-state index < -0.39 is 5.92 Å². The summed E-state index contributed by atoms with van der Waals surface area (Å²) < 4.78 is 5.65. The minimum Gasteiger partial charge on any atom is -0.492 e. The maximum absolute atomic E-state index is 13.2. The number of anilines is 1. The van der Waals surface area contributed by atoms with Crippen LogP contribution < -0.4 is 9.64 Å². The lowest BCUT2D eigenvalue weighted by atomic mass is 10.1. The molecule has 1 aliphatic rings. The van der Waals surface area contributed by atoms with E-state index >= 15 is 0 Å². The quantitative estimate of drug-likeness (QED) is 0.632. The molecule has 1 atom stereocenters. The molecular formula is C24H25N3O3. The van der Waals surface area contributed by atoms with Crippen molar-refractivity contribution < 1.29 is 14.3 Å². The van der Waals surface area contributed by atoms with Gasteiger partial charge in [-0.05, 0) is 36.8 Å². The Labute approximate surface area is 177 Å². The van der Waals surface area contributed by atoms with E-state index in [1.807, 2.05) is 43.3 Å². The fourth-order valence-corrected chi connectivity index (χ4v) is 3.62. The Balaban J connectivity index is 1.75. The minimum atomic E-state index is -0.425. The maximum atomic E-state index is 13.2. The van der Waals surface area contributed by atoms with Crippen molar-refractivity contribution in [1.82, 2.24) is 4.90 Å². The van der Waals surface area contributed by atoms with Gasteiger partial charge in [0, 0.05) is 26.1 Å². The standard InChI is InChI=1S/C24H25N3O3/c1-3-13-26(16-19-11-9-18(15-25)10-12-19)24(29)20-14-23(28)27(17-20)21-7-5-6-8-22(21)30-4-2/h3,5-12,20H,1,4,13-14,16-17H2,2H3. The molecular weight excluding hydrogens is 378 g/mol. The van der Waals surface area contributed by atoms with Crippen molar-refractivity contribution in [2.24, 2.45) is 5.92 Å². The van der Waals surface area contributed by atoms with Crippen LogP contribution in [-0.4, -0.2) is 36.4 Å². The van der Waals surface area contributed by atoms with E-state index in [2.05, 4.69) is 12.6 Å². The molecule has 2 aromatic carbocycles. The van der Waals surface area contributed by atoms with Crippen molar-refractivity contribution in [3.05, 3.63) is 72.3 Å². The van der Waals surface area contributed by atoms with Crippen molar-refractivity contribution in [2.75, 3.05) is 24.6 Å². The SMILES string of the molecule is C=CCN(Cc1ccc(C#N)cc1)C(=O)C1CC(=O)N(c2ccccc2OCC)C1. The van der Waals surface area contributed by atoms with E-state index in [1.165, 1.54) is 0 Å². The first kappa shape index (κ1) is 21.1. The molecule has 0 aliphatic carbocycles. The molecule has 1 fully saturated rings. The van der Waals surface area contributed by atoms with Gasteiger partial charge < -0.3 is 14.5 Å². The van der Waals surface area contributed by atoms with Crippen LogP contribution in [-0.2, 0) is 16.1 Å². The summed E-state index contributed by atoms with van der Waals surface area (Å²) in [6.07, 6.45) is 1.85. The summed E-state index contributed by atoms with van der Waals surface area (Å²) in [5, 5.41) is 8.95. The van der Waals surface area contributed by atoms with Gasteiger partial charge in [-0.15, -0.1) is 6.58 Å². The molecule has 6 nitrogen and oxygen atoms in total. The Morgan fingerprint density at radius 1 is 1.30 bits per heavy atom. The zero-order valence-electron chi connectivity index (χ0n) is 17.1. The molecule has 0 radical (unpaired) electrons. The highest BCUT2D eigenvalue weighted by molar-refractivity contribution is 6.01. The van der Waals surface area contributed by atoms with Crippen molar-refractivity contribution >= 4 is 17.5 Å². The van der Waals surface area contributed by atoms with Crippen LogP contribution in [0.2, 0.25) is 0 Å². The summed E-state index contributed by atoms with van der Waals surface area (Å²) in [5.74, 6) is 0.0499. The maximum Gasteiger partial charge on any atom is 0.228 e. The average molecular weight is 403 g/mol. The number of carbonyl (C=O) groups excluding carboxylic acids is 2. The van der Waals surface area contributed by atoms with Crippen molar-refractivity contribution in [2.45, 2.75) is 19.9 Å². The zero-order chi connectivity index (χ0) is 21.5. The lowest BCUT2D eigenvalue weighted by molar-refractivity contribution is -0.135. The Kier molecular flexibility index (Phi) is 6.87. The van der Waals surface area contributed by atoms with Crippen LogP contribution in [0.4, 0.5) is 5.69 Å². The molecule has 3 rings (SSSR count). The number of ether oxygens (including phenoxy) is 1. The summed E-state index contributed by atoms with van der Waals surface area (Å²) in [6, 6.07) is 16.6. The molecule has 0 saturated carbocycles. The Hall–Kier alpha value is -3.59. The predicted molar refractivity (Wildman–Crippen MR) is 115 cm³/mol. The summed E-state index contributed by atoms with van der Waals surface area (Å²) in [5.41, 5.74) is 2.19. The highest BCUT2D eigenvalue weighted by Gasteiger charge is 2.38. The van der Waals surface area contributed by atoms with Gasteiger partial charge in [0.15, 0.2) is 0 Å². The largest absolute Gasteiger partial charge is 0.492 e. The van der Waals surface area contributed by atoms with E-state index in [1.54, 1.807) is 28.0 Å². The van der Waals surface area contributed by atoms with Gasteiger partial charge in [0.2, 0.25) is 11.8 Å². The first-order valence-electron chi connectivity index (χ1n) is 9.98. The van der Waals surface area contributed by atoms with Crippen molar-refractivity contribution in [3.8, 4) is 11.8 Å². The smallest absolute Gasteiger partial charge is 0.228 e. The average Bonchev–Trinajstić information content (AvgIpc) is 3.15. The zero-order valence-corrected chi connectivity index (χ0v) is 17.1. The number of rotatable bonds is 8. The van der Waals surface area contributed by atoms with E-state index in [9.17, 15) is 9.59 Å². The van der Waals surface area contributed by atoms with Gasteiger partial charge >= 0.3 is 0 Å². The molecule has 1 unspecified atom stereocenters. The molecule has 30 heavy (non-hydrogen) atoms. The van der Waals surface area contributed by atoms with Crippen LogP contribution in [0, 0.1) is 17.2 Å². The molecule has 0 bridgehead atoms. The number of nitriles is 1. The van der Waals surface area contributed by atoms with Crippen LogP contribution in [0.1, 0.15) is 24.5 Å². The Bertz CT molecular complexity index is 962. The number of nitrogens with zero attached hydrogens (tertiary/aromatic N) is 3. The number of benzene rings is 2. The van der Waals surface area contributed by atoms with E-state index in [0.717, 1.165) is 5.56 Å². The van der Waals surface area contributed by atoms with Crippen molar-refractivity contribution in [3.63, 3.8) is 0 Å². The van der Waals surface area contributed by atoms with Gasteiger partial charge in [-0.1, -0.05) is 30.3 Å². The minimum absolute atomic E-state index is 0.0796. The van der Waals surface area contributed by atoms with Crippen LogP contribution in [0.25, 0.3) is 0 Å². The van der Waals surface area contributed by atoms with Crippen LogP contribution in [0.15, 0.2) is 61.2 Å². The molecule has 0 spiro atoms.